The Labute approximate surface area is 217 Å². The van der Waals surface area contributed by atoms with E-state index in [1.165, 1.54) is 34.3 Å². The number of unbranched alkanes of at least 4 members (excludes halogenated alkanes) is 1. The normalized spacial score (nSPS) is 14.5. The van der Waals surface area contributed by atoms with Gasteiger partial charge in [0.15, 0.2) is 0 Å². The minimum Gasteiger partial charge on any atom is -0.266 e. The molecular weight excluding hydrogens is 452 g/mol. The molecule has 0 aliphatic carbocycles. The maximum absolute atomic E-state index is 11.0. The number of allylic oxidation sites excluding steroid dienone is 11. The zero-order valence-corrected chi connectivity index (χ0v) is 24.7. The third kappa shape index (κ3) is 23.8. The molecule has 0 N–H and O–H groups in total. The van der Waals surface area contributed by atoms with Crippen LogP contribution >= 0.6 is 0 Å². The highest BCUT2D eigenvalue weighted by Gasteiger charge is 2.01. The van der Waals surface area contributed by atoms with Gasteiger partial charge in [0.1, 0.15) is 0 Å². The first kappa shape index (κ1) is 33.4. The lowest BCUT2D eigenvalue weighted by Crippen LogP contribution is -2.04. The second-order valence-corrected chi connectivity index (χ2v) is 11.9. The summed E-state index contributed by atoms with van der Waals surface area (Å²) < 4.78 is 26.9. The quantitative estimate of drug-likeness (QED) is 0.106. The Kier molecular flexibility index (Phi) is 18.6. The van der Waals surface area contributed by atoms with Crippen molar-refractivity contribution in [3.8, 4) is 0 Å². The van der Waals surface area contributed by atoms with Gasteiger partial charge in [0.2, 0.25) is 0 Å². The van der Waals surface area contributed by atoms with Crippen LogP contribution in [0.25, 0.3) is 0 Å². The lowest BCUT2D eigenvalue weighted by atomic mass is 10.0. The van der Waals surface area contributed by atoms with Crippen LogP contribution in [0.5, 0.6) is 0 Å². The second-order valence-electron chi connectivity index (χ2n) is 10.2. The van der Waals surface area contributed by atoms with E-state index in [-0.39, 0.29) is 6.61 Å². The van der Waals surface area contributed by atoms with Gasteiger partial charge in [-0.2, -0.15) is 8.42 Å². The SMILES string of the molecule is CC(C)=CCC/C(C)=C/CC/C(C)=C/CC/C=C(\C)CC/C=C(\C)CC/C=C(\C)COS(C)(=O)=O. The Morgan fingerprint density at radius 2 is 0.829 bits per heavy atom. The molecule has 0 heterocycles. The minimum absolute atomic E-state index is 0.147. The molecule has 4 heteroatoms. The molecule has 0 saturated heterocycles. The monoisotopic (exact) mass is 504 g/mol. The third-order valence-corrected chi connectivity index (χ3v) is 6.38. The molecule has 0 amide bonds. The first-order valence-electron chi connectivity index (χ1n) is 13.1. The summed E-state index contributed by atoms with van der Waals surface area (Å²) in [6, 6.07) is 0. The van der Waals surface area contributed by atoms with E-state index < -0.39 is 10.1 Å². The van der Waals surface area contributed by atoms with E-state index >= 15 is 0 Å². The lowest BCUT2D eigenvalue weighted by Gasteiger charge is -2.03. The molecule has 0 aromatic rings. The maximum Gasteiger partial charge on any atom is 0.264 e. The van der Waals surface area contributed by atoms with Crippen LogP contribution < -0.4 is 0 Å². The molecule has 0 radical (unpaired) electrons. The second kappa shape index (κ2) is 19.5. The van der Waals surface area contributed by atoms with Gasteiger partial charge in [0.05, 0.1) is 12.9 Å². The van der Waals surface area contributed by atoms with Crippen molar-refractivity contribution < 1.29 is 12.6 Å². The topological polar surface area (TPSA) is 43.4 Å². The van der Waals surface area contributed by atoms with Crippen molar-refractivity contribution in [1.82, 2.24) is 0 Å². The fourth-order valence-electron chi connectivity index (χ4n) is 3.55. The van der Waals surface area contributed by atoms with Crippen LogP contribution in [-0.2, 0) is 14.3 Å². The highest BCUT2D eigenvalue weighted by Crippen LogP contribution is 2.15. The van der Waals surface area contributed by atoms with Crippen molar-refractivity contribution in [2.75, 3.05) is 12.9 Å². The molecule has 3 nitrogen and oxygen atoms in total. The highest BCUT2D eigenvalue weighted by molar-refractivity contribution is 7.86. The van der Waals surface area contributed by atoms with Gasteiger partial charge in [0, 0.05) is 0 Å². The van der Waals surface area contributed by atoms with Crippen LogP contribution in [0.2, 0.25) is 0 Å². The molecule has 0 aromatic heterocycles. The molecular formula is C31H52O3S. The molecule has 0 aliphatic heterocycles. The van der Waals surface area contributed by atoms with Gasteiger partial charge >= 0.3 is 0 Å². The van der Waals surface area contributed by atoms with Gasteiger partial charge in [-0.25, -0.2) is 0 Å². The largest absolute Gasteiger partial charge is 0.266 e. The lowest BCUT2D eigenvalue weighted by molar-refractivity contribution is 0.352. The van der Waals surface area contributed by atoms with Crippen LogP contribution in [0.1, 0.15) is 113 Å². The summed E-state index contributed by atoms with van der Waals surface area (Å²) in [6.45, 7) is 15.3. The molecule has 0 aromatic carbocycles. The smallest absolute Gasteiger partial charge is 0.264 e. The zero-order valence-electron chi connectivity index (χ0n) is 23.9. The van der Waals surface area contributed by atoms with E-state index in [9.17, 15) is 8.42 Å². The van der Waals surface area contributed by atoms with Gasteiger partial charge in [-0.05, 0) is 113 Å². The predicted octanol–water partition coefficient (Wildman–Crippen LogP) is 9.56. The molecule has 0 unspecified atom stereocenters. The molecule has 35 heavy (non-hydrogen) atoms. The van der Waals surface area contributed by atoms with Gasteiger partial charge in [-0.3, -0.25) is 4.18 Å². The average Bonchev–Trinajstić information content (AvgIpc) is 2.74. The fourth-order valence-corrected chi connectivity index (χ4v) is 3.95. The van der Waals surface area contributed by atoms with Gasteiger partial charge < -0.3 is 0 Å². The van der Waals surface area contributed by atoms with Crippen LogP contribution in [0.15, 0.2) is 69.9 Å². The third-order valence-electron chi connectivity index (χ3n) is 5.84. The molecule has 0 fully saturated rings. The van der Waals surface area contributed by atoms with Gasteiger partial charge in [-0.15, -0.1) is 0 Å². The van der Waals surface area contributed by atoms with Crippen LogP contribution in [0.4, 0.5) is 0 Å². The summed E-state index contributed by atoms with van der Waals surface area (Å²) >= 11 is 0. The van der Waals surface area contributed by atoms with Crippen LogP contribution in [0, 0.1) is 0 Å². The number of hydrogen-bond donors (Lipinski definition) is 0. The van der Waals surface area contributed by atoms with Crippen molar-refractivity contribution in [2.45, 2.75) is 113 Å². The van der Waals surface area contributed by atoms with Crippen molar-refractivity contribution >= 4 is 10.1 Å². The molecule has 0 atom stereocenters. The summed E-state index contributed by atoms with van der Waals surface area (Å²) in [4.78, 5) is 0. The van der Waals surface area contributed by atoms with Crippen LogP contribution in [0.3, 0.4) is 0 Å². The first-order chi connectivity index (χ1) is 16.4. The summed E-state index contributed by atoms with van der Waals surface area (Å²) in [5.74, 6) is 0. The van der Waals surface area contributed by atoms with Crippen molar-refractivity contribution in [3.63, 3.8) is 0 Å². The fraction of sp³-hybridized carbons (Fsp3) is 0.613. The molecule has 200 valence electrons. The Bertz CT molecular complexity index is 890. The zero-order chi connectivity index (χ0) is 26.7. The van der Waals surface area contributed by atoms with Gasteiger partial charge in [-0.1, -0.05) is 69.9 Å². The van der Waals surface area contributed by atoms with Crippen molar-refractivity contribution in [1.29, 1.82) is 0 Å². The summed E-state index contributed by atoms with van der Waals surface area (Å²) in [7, 11) is -3.37. The molecule has 0 spiro atoms. The van der Waals surface area contributed by atoms with E-state index in [0.717, 1.165) is 69.6 Å². The Hall–Kier alpha value is -1.65. The molecule has 0 rings (SSSR count). The van der Waals surface area contributed by atoms with Gasteiger partial charge in [0.25, 0.3) is 10.1 Å². The number of rotatable bonds is 18. The summed E-state index contributed by atoms with van der Waals surface area (Å²) in [6.07, 6.45) is 25.9. The Balaban J connectivity index is 4.14. The standard InChI is InChI=1S/C31H52O3S/c1-26(2)15-11-18-29(5)21-12-19-27(3)16-9-10-17-28(4)20-13-22-30(6)23-14-24-31(7)25-34-35(8,32)33/h15-17,21-22,24H,9-14,18-20,23,25H2,1-8H3/b27-16+,28-17+,29-21+,30-22+,31-24+. The average molecular weight is 505 g/mol. The number of hydrogen-bond acceptors (Lipinski definition) is 3. The van der Waals surface area contributed by atoms with Crippen molar-refractivity contribution in [2.24, 2.45) is 0 Å². The van der Waals surface area contributed by atoms with Crippen LogP contribution in [-0.4, -0.2) is 21.3 Å². The minimum atomic E-state index is -3.37. The van der Waals surface area contributed by atoms with E-state index in [1.807, 2.05) is 6.92 Å². The summed E-state index contributed by atoms with van der Waals surface area (Å²) in [5.41, 5.74) is 8.20. The van der Waals surface area contributed by atoms with E-state index in [2.05, 4.69) is 78.0 Å². The molecule has 0 bridgehead atoms. The van der Waals surface area contributed by atoms with E-state index in [4.69, 9.17) is 4.18 Å². The van der Waals surface area contributed by atoms with Crippen molar-refractivity contribution in [3.05, 3.63) is 69.9 Å². The molecule has 0 aliphatic rings. The van der Waals surface area contributed by atoms with E-state index in [0.29, 0.717) is 0 Å². The predicted molar refractivity (Wildman–Crippen MR) is 155 cm³/mol. The molecule has 0 saturated carbocycles. The summed E-state index contributed by atoms with van der Waals surface area (Å²) in [5, 5.41) is 0. The Morgan fingerprint density at radius 3 is 1.17 bits per heavy atom. The Morgan fingerprint density at radius 1 is 0.514 bits per heavy atom. The first-order valence-corrected chi connectivity index (χ1v) is 15.0. The van der Waals surface area contributed by atoms with E-state index in [1.54, 1.807) is 0 Å². The highest BCUT2D eigenvalue weighted by atomic mass is 32.2. The maximum atomic E-state index is 11.0.